The number of hydrogen-bond donors (Lipinski definition) is 0. The highest BCUT2D eigenvalue weighted by Crippen LogP contribution is 2.54. The van der Waals surface area contributed by atoms with E-state index in [9.17, 15) is 23.2 Å². The Morgan fingerprint density at radius 3 is 2.49 bits per heavy atom. The smallest absolute Gasteiger partial charge is 0.415 e. The predicted molar refractivity (Wildman–Crippen MR) is 184 cm³/mol. The maximum atomic E-state index is 13.3. The lowest BCUT2D eigenvalue weighted by molar-refractivity contribution is -0.832. The van der Waals surface area contributed by atoms with Crippen molar-refractivity contribution in [3.8, 4) is 28.9 Å². The van der Waals surface area contributed by atoms with Crippen LogP contribution < -0.4 is 28.6 Å². The van der Waals surface area contributed by atoms with Crippen LogP contribution in [0.3, 0.4) is 0 Å². The van der Waals surface area contributed by atoms with Gasteiger partial charge in [-0.05, 0) is 65.4 Å². The minimum Gasteiger partial charge on any atom is -0.463 e. The van der Waals surface area contributed by atoms with Crippen LogP contribution in [-0.2, 0) is 46.6 Å². The molecule has 3 atom stereocenters. The third-order valence-electron chi connectivity index (χ3n) is 9.89. The summed E-state index contributed by atoms with van der Waals surface area (Å²) in [6.07, 6.45) is 0.214. The number of sulfone groups is 1. The highest BCUT2D eigenvalue weighted by atomic mass is 32.2. The molecule has 0 N–H and O–H groups in total. The fourth-order valence-electron chi connectivity index (χ4n) is 7.49. The normalized spacial score (nSPS) is 19.3. The van der Waals surface area contributed by atoms with E-state index in [4.69, 9.17) is 37.9 Å². The molecule has 8 rings (SSSR count). The van der Waals surface area contributed by atoms with E-state index in [1.165, 1.54) is 24.3 Å². The van der Waals surface area contributed by atoms with Crippen LogP contribution in [0.2, 0.25) is 0 Å². The van der Waals surface area contributed by atoms with E-state index in [-0.39, 0.29) is 81.0 Å². The van der Waals surface area contributed by atoms with Crippen LogP contribution >= 0.6 is 0 Å². The molecule has 1 aliphatic carbocycles. The molecule has 4 aliphatic rings. The molecule has 0 radical (unpaired) electrons. The number of fused-ring (bicyclic) bond motifs is 8. The Morgan fingerprint density at radius 1 is 0.909 bits per heavy atom. The van der Waals surface area contributed by atoms with Crippen molar-refractivity contribution in [3.05, 3.63) is 82.1 Å². The van der Waals surface area contributed by atoms with Gasteiger partial charge in [0, 0.05) is 43.3 Å². The second-order valence-corrected chi connectivity index (χ2v) is 15.1. The molecule has 4 aromatic rings. The molecule has 0 fully saturated rings. The predicted octanol–water partition coefficient (Wildman–Crippen LogP) is 3.15. The van der Waals surface area contributed by atoms with Crippen LogP contribution in [0.15, 0.2) is 69.1 Å². The topological polar surface area (TPSA) is 198 Å². The first-order chi connectivity index (χ1) is 26.7. The Bertz CT molecular complexity index is 2190. The third kappa shape index (κ3) is 7.19. The summed E-state index contributed by atoms with van der Waals surface area (Å²) in [5, 5.41) is 14.6. The van der Waals surface area contributed by atoms with Crippen LogP contribution in [0.5, 0.6) is 28.9 Å². The maximum absolute atomic E-state index is 13.3. The Hall–Kier alpha value is -5.59. The number of hydrogen-bond acceptors (Lipinski definition) is 16. The zero-order chi connectivity index (χ0) is 38.1. The SMILES string of the molecule is CN1Cc2c(ccc3c2OCO3)[C@H]2[C@@H](OC(=O)CCCC(=O)OCCOCCOc3no[n+]([O-])c3S(=O)(=O)c3ccccc3)Cc3cc4c(cc3[C@H]21)OCO4. The van der Waals surface area contributed by atoms with Gasteiger partial charge in [0.25, 0.3) is 9.84 Å². The first kappa shape index (κ1) is 36.4. The lowest BCUT2D eigenvalue weighted by Gasteiger charge is -2.47. The minimum atomic E-state index is -4.25. The third-order valence-corrected chi connectivity index (χ3v) is 11.6. The molecule has 0 amide bonds. The van der Waals surface area contributed by atoms with E-state index >= 15 is 0 Å². The number of ether oxygens (including phenoxy) is 8. The van der Waals surface area contributed by atoms with Crippen molar-refractivity contribution in [2.24, 2.45) is 0 Å². The maximum Gasteiger partial charge on any atom is 0.415 e. The molecule has 4 heterocycles. The first-order valence-corrected chi connectivity index (χ1v) is 19.2. The Balaban J connectivity index is 0.806. The van der Waals surface area contributed by atoms with E-state index in [1.54, 1.807) is 6.07 Å². The van der Waals surface area contributed by atoms with Crippen molar-refractivity contribution in [1.29, 1.82) is 0 Å². The van der Waals surface area contributed by atoms with Gasteiger partial charge in [0.1, 0.15) is 19.3 Å². The summed E-state index contributed by atoms with van der Waals surface area (Å²) < 4.78 is 75.2. The van der Waals surface area contributed by atoms with E-state index in [2.05, 4.69) is 14.7 Å². The lowest BCUT2D eigenvalue weighted by Crippen LogP contribution is -2.45. The summed E-state index contributed by atoms with van der Waals surface area (Å²) in [6.45, 7) is 0.696. The van der Waals surface area contributed by atoms with Crippen LogP contribution in [0.25, 0.3) is 0 Å². The zero-order valence-electron chi connectivity index (χ0n) is 29.7. The van der Waals surface area contributed by atoms with Crippen molar-refractivity contribution in [3.63, 3.8) is 0 Å². The lowest BCUT2D eigenvalue weighted by atomic mass is 9.70. The monoisotopic (exact) mass is 779 g/mol. The van der Waals surface area contributed by atoms with E-state index < -0.39 is 38.8 Å². The quantitative estimate of drug-likeness (QED) is 0.103. The fraction of sp³-hybridized carbons (Fsp3) is 0.405. The van der Waals surface area contributed by atoms with Crippen LogP contribution in [0.4, 0.5) is 0 Å². The first-order valence-electron chi connectivity index (χ1n) is 17.7. The molecule has 290 valence electrons. The molecular weight excluding hydrogens is 742 g/mol. The van der Waals surface area contributed by atoms with E-state index in [1.807, 2.05) is 31.3 Å². The minimum absolute atomic E-state index is 0.00366. The highest BCUT2D eigenvalue weighted by Gasteiger charge is 2.47. The number of likely N-dealkylation sites (N-methyl/N-ethyl adjacent to an activating group) is 1. The molecule has 0 saturated carbocycles. The number of aromatic nitrogens is 2. The second kappa shape index (κ2) is 15.3. The van der Waals surface area contributed by atoms with Gasteiger partial charge in [0.05, 0.1) is 23.3 Å². The Kier molecular flexibility index (Phi) is 10.1. The highest BCUT2D eigenvalue weighted by molar-refractivity contribution is 7.91. The van der Waals surface area contributed by atoms with Crippen molar-refractivity contribution in [2.45, 2.75) is 60.2 Å². The molecule has 1 aromatic heterocycles. The van der Waals surface area contributed by atoms with Crippen molar-refractivity contribution in [2.75, 3.05) is 47.1 Å². The van der Waals surface area contributed by atoms with Crippen LogP contribution in [-0.4, -0.2) is 83.6 Å². The van der Waals surface area contributed by atoms with Gasteiger partial charge in [0.15, 0.2) is 23.0 Å². The molecule has 0 spiro atoms. The van der Waals surface area contributed by atoms with Crippen molar-refractivity contribution in [1.82, 2.24) is 10.1 Å². The van der Waals surface area contributed by atoms with Crippen LogP contribution in [0.1, 0.15) is 53.5 Å². The summed E-state index contributed by atoms with van der Waals surface area (Å²) in [5.74, 6) is 1.15. The van der Waals surface area contributed by atoms with Gasteiger partial charge >= 0.3 is 22.8 Å². The largest absolute Gasteiger partial charge is 0.463 e. The number of rotatable bonds is 14. The molecule has 18 heteroatoms. The van der Waals surface area contributed by atoms with Gasteiger partial charge in [0.2, 0.25) is 13.6 Å². The number of nitrogens with zero attached hydrogens (tertiary/aromatic N) is 3. The van der Waals surface area contributed by atoms with Crippen molar-refractivity contribution < 1.29 is 65.4 Å². The number of benzene rings is 3. The van der Waals surface area contributed by atoms with E-state index in [0.29, 0.717) is 30.2 Å². The van der Waals surface area contributed by atoms with Gasteiger partial charge in [-0.25, -0.2) is 8.42 Å². The summed E-state index contributed by atoms with van der Waals surface area (Å²) >= 11 is 0. The summed E-state index contributed by atoms with van der Waals surface area (Å²) in [4.78, 5) is 27.6. The molecule has 0 saturated heterocycles. The van der Waals surface area contributed by atoms with Crippen LogP contribution in [0, 0.1) is 5.21 Å². The summed E-state index contributed by atoms with van der Waals surface area (Å²) in [7, 11) is -2.21. The summed E-state index contributed by atoms with van der Waals surface area (Å²) in [5.41, 5.74) is 4.17. The number of carbonyl (C=O) groups is 2. The summed E-state index contributed by atoms with van der Waals surface area (Å²) in [6, 6.07) is 15.2. The zero-order valence-corrected chi connectivity index (χ0v) is 30.5. The molecule has 3 aromatic carbocycles. The fourth-order valence-corrected chi connectivity index (χ4v) is 8.78. The van der Waals surface area contributed by atoms with E-state index in [0.717, 1.165) is 28.0 Å². The average molecular weight is 780 g/mol. The molecule has 0 bridgehead atoms. The Morgan fingerprint density at radius 2 is 1.65 bits per heavy atom. The van der Waals surface area contributed by atoms with Gasteiger partial charge in [-0.15, -0.1) is 0 Å². The standard InChI is InChI=1S/C37H37N3O14S/c1-39-19-26-24(10-11-27-35(26)52-21-49-27)33-30(17-22-16-28-29(51-20-50-28)18-25(22)34(33)39)53-32(42)9-5-8-31(41)47-14-12-46-13-15-48-36-37(40(43)54-38-36)55(44,45)23-6-3-2-4-7-23/h2-4,6-7,10-11,16,18,30,33-34H,5,8-9,12-15,17,19-21H2,1H3/t30-,33-,34+/m0/s1. The Labute approximate surface area is 314 Å². The molecule has 17 nitrogen and oxygen atoms in total. The van der Waals surface area contributed by atoms with Gasteiger partial charge in [-0.3, -0.25) is 19.1 Å². The van der Waals surface area contributed by atoms with Crippen molar-refractivity contribution >= 4 is 21.8 Å². The second-order valence-electron chi connectivity index (χ2n) is 13.3. The molecule has 0 unspecified atom stereocenters. The number of carbonyl (C=O) groups excluding carboxylic acids is 2. The average Bonchev–Trinajstić information content (AvgIpc) is 3.94. The number of esters is 2. The molecule has 3 aliphatic heterocycles. The van der Waals surface area contributed by atoms with Gasteiger partial charge < -0.3 is 43.1 Å². The van der Waals surface area contributed by atoms with Gasteiger partial charge in [-0.2, -0.15) is 0 Å². The molecule has 55 heavy (non-hydrogen) atoms. The van der Waals surface area contributed by atoms with Gasteiger partial charge in [-0.1, -0.05) is 24.3 Å². The molecular formula is C37H37N3O14S.